The van der Waals surface area contributed by atoms with Crippen molar-refractivity contribution in [2.24, 2.45) is 0 Å². The number of thioether (sulfide) groups is 1. The van der Waals surface area contributed by atoms with E-state index >= 15 is 0 Å². The highest BCUT2D eigenvalue weighted by atomic mass is 32.2. The van der Waals surface area contributed by atoms with E-state index in [1.807, 2.05) is 0 Å². The Bertz CT molecular complexity index is 451. The highest BCUT2D eigenvalue weighted by Crippen LogP contribution is 2.30. The Balaban J connectivity index is 2.66. The van der Waals surface area contributed by atoms with Crippen molar-refractivity contribution in [1.29, 1.82) is 10.5 Å². The second-order valence-electron chi connectivity index (χ2n) is 2.65. The van der Waals surface area contributed by atoms with Crippen LogP contribution in [-0.2, 0) is 6.54 Å². The minimum absolute atomic E-state index is 0.00901. The molecule has 0 radical (unpaired) electrons. The highest BCUT2D eigenvalue weighted by molar-refractivity contribution is 8.00. The van der Waals surface area contributed by atoms with Crippen LogP contribution in [0.4, 0.5) is 13.2 Å². The SMILES string of the molecule is N#Cc1ncn(CCSC(F)(F)F)c1C#N. The Kier molecular flexibility index (Phi) is 3.80. The smallest absolute Gasteiger partial charge is 0.320 e. The van der Waals surface area contributed by atoms with Crippen LogP contribution in [0.3, 0.4) is 0 Å². The lowest BCUT2D eigenvalue weighted by atomic mass is 10.3. The van der Waals surface area contributed by atoms with Crippen LogP contribution >= 0.6 is 11.8 Å². The largest absolute Gasteiger partial charge is 0.441 e. The van der Waals surface area contributed by atoms with E-state index in [4.69, 9.17) is 10.5 Å². The zero-order valence-corrected chi connectivity index (χ0v) is 8.64. The summed E-state index contributed by atoms with van der Waals surface area (Å²) in [6.45, 7) is -0.0122. The average Bonchev–Trinajstić information content (AvgIpc) is 2.58. The van der Waals surface area contributed by atoms with E-state index < -0.39 is 5.51 Å². The van der Waals surface area contributed by atoms with Crippen molar-refractivity contribution in [3.8, 4) is 12.1 Å². The third-order valence-electron chi connectivity index (χ3n) is 1.65. The zero-order chi connectivity index (χ0) is 12.2. The van der Waals surface area contributed by atoms with Crippen LogP contribution < -0.4 is 0 Å². The van der Waals surface area contributed by atoms with E-state index in [1.54, 1.807) is 12.1 Å². The molecule has 0 aliphatic carbocycles. The van der Waals surface area contributed by atoms with Gasteiger partial charge >= 0.3 is 5.51 Å². The standard InChI is InChI=1S/C8H5F3N4S/c9-8(10,11)16-2-1-15-5-14-6(3-12)7(15)4-13/h5H,1-2H2. The molecule has 0 aliphatic heterocycles. The van der Waals surface area contributed by atoms with Gasteiger partial charge in [0.25, 0.3) is 0 Å². The maximum absolute atomic E-state index is 11.8. The van der Waals surface area contributed by atoms with Crippen LogP contribution in [-0.4, -0.2) is 20.8 Å². The Labute approximate surface area is 93.3 Å². The van der Waals surface area contributed by atoms with Crippen molar-refractivity contribution in [3.05, 3.63) is 17.7 Å². The van der Waals surface area contributed by atoms with Crippen molar-refractivity contribution >= 4 is 11.8 Å². The van der Waals surface area contributed by atoms with Crippen LogP contribution in [0.15, 0.2) is 6.33 Å². The maximum atomic E-state index is 11.8. The van der Waals surface area contributed by atoms with Gasteiger partial charge in [-0.2, -0.15) is 23.7 Å². The number of rotatable bonds is 3. The van der Waals surface area contributed by atoms with Gasteiger partial charge < -0.3 is 4.57 Å². The number of nitrogens with zero attached hydrogens (tertiary/aromatic N) is 4. The van der Waals surface area contributed by atoms with E-state index in [9.17, 15) is 13.2 Å². The molecule has 0 fully saturated rings. The van der Waals surface area contributed by atoms with E-state index in [0.717, 1.165) is 0 Å². The average molecular weight is 246 g/mol. The summed E-state index contributed by atoms with van der Waals surface area (Å²) in [5.41, 5.74) is -4.37. The lowest BCUT2D eigenvalue weighted by Crippen LogP contribution is -2.07. The summed E-state index contributed by atoms with van der Waals surface area (Å²) in [6.07, 6.45) is 1.19. The Morgan fingerprint density at radius 3 is 2.56 bits per heavy atom. The number of aryl methyl sites for hydroxylation is 1. The summed E-state index contributed by atoms with van der Waals surface area (Å²) in [6, 6.07) is 3.42. The molecule has 0 aromatic carbocycles. The molecule has 8 heteroatoms. The van der Waals surface area contributed by atoms with Gasteiger partial charge in [0.2, 0.25) is 0 Å². The van der Waals surface area contributed by atoms with Gasteiger partial charge in [-0.1, -0.05) is 0 Å². The van der Waals surface area contributed by atoms with Gasteiger partial charge in [-0.3, -0.25) is 0 Å². The normalized spacial score (nSPS) is 10.8. The summed E-state index contributed by atoms with van der Waals surface area (Å²) in [5, 5.41) is 17.2. The van der Waals surface area contributed by atoms with Crippen LogP contribution in [0.25, 0.3) is 0 Å². The Morgan fingerprint density at radius 2 is 2.06 bits per heavy atom. The van der Waals surface area contributed by atoms with E-state index in [2.05, 4.69) is 4.98 Å². The molecular formula is C8H5F3N4S. The fourth-order valence-electron chi connectivity index (χ4n) is 1.01. The zero-order valence-electron chi connectivity index (χ0n) is 7.82. The number of hydrogen-bond acceptors (Lipinski definition) is 4. The summed E-state index contributed by atoms with van der Waals surface area (Å²) in [4.78, 5) is 3.61. The highest BCUT2D eigenvalue weighted by Gasteiger charge is 2.27. The summed E-state index contributed by atoms with van der Waals surface area (Å²) in [5.74, 6) is -0.223. The molecule has 0 saturated heterocycles. The van der Waals surface area contributed by atoms with Gasteiger partial charge in [-0.05, 0) is 11.8 Å². The van der Waals surface area contributed by atoms with Gasteiger partial charge in [0, 0.05) is 12.3 Å². The number of imidazole rings is 1. The van der Waals surface area contributed by atoms with Crippen LogP contribution in [0, 0.1) is 22.7 Å². The quantitative estimate of drug-likeness (QED) is 0.816. The van der Waals surface area contributed by atoms with Gasteiger partial charge in [0.05, 0.1) is 6.33 Å². The minimum Gasteiger partial charge on any atom is -0.320 e. The first-order valence-corrected chi connectivity index (χ1v) is 5.02. The molecule has 0 amide bonds. The first kappa shape index (κ1) is 12.4. The predicted octanol–water partition coefficient (Wildman–Crippen LogP) is 1.88. The number of halogens is 3. The fraction of sp³-hybridized carbons (Fsp3) is 0.375. The predicted molar refractivity (Wildman–Crippen MR) is 50.2 cm³/mol. The summed E-state index contributed by atoms with van der Waals surface area (Å²) < 4.78 is 36.7. The first-order chi connectivity index (χ1) is 7.48. The van der Waals surface area contributed by atoms with Gasteiger partial charge in [-0.15, -0.1) is 0 Å². The molecule has 0 saturated carbocycles. The number of nitriles is 2. The van der Waals surface area contributed by atoms with Gasteiger partial charge in [0.1, 0.15) is 12.1 Å². The summed E-state index contributed by atoms with van der Waals surface area (Å²) >= 11 is -0.176. The number of hydrogen-bond donors (Lipinski definition) is 0. The van der Waals surface area contributed by atoms with Crippen LogP contribution in [0.5, 0.6) is 0 Å². The van der Waals surface area contributed by atoms with Gasteiger partial charge in [0.15, 0.2) is 11.4 Å². The fourth-order valence-corrected chi connectivity index (χ4v) is 1.53. The topological polar surface area (TPSA) is 65.4 Å². The lowest BCUT2D eigenvalue weighted by molar-refractivity contribution is -0.0328. The molecule has 0 aliphatic rings. The van der Waals surface area contributed by atoms with Crippen molar-refractivity contribution in [3.63, 3.8) is 0 Å². The third kappa shape index (κ3) is 3.17. The molecule has 0 spiro atoms. The third-order valence-corrected chi connectivity index (χ3v) is 2.36. The van der Waals surface area contributed by atoms with Crippen LogP contribution in [0.1, 0.15) is 11.4 Å². The van der Waals surface area contributed by atoms with Gasteiger partial charge in [-0.25, -0.2) is 4.98 Å². The lowest BCUT2D eigenvalue weighted by Gasteiger charge is -2.06. The van der Waals surface area contributed by atoms with Crippen LogP contribution in [0.2, 0.25) is 0 Å². The molecule has 0 bridgehead atoms. The number of alkyl halides is 3. The molecule has 84 valence electrons. The monoisotopic (exact) mass is 246 g/mol. The van der Waals surface area contributed by atoms with Crippen molar-refractivity contribution < 1.29 is 13.2 Å². The molecule has 16 heavy (non-hydrogen) atoms. The molecule has 0 atom stereocenters. The maximum Gasteiger partial charge on any atom is 0.441 e. The Morgan fingerprint density at radius 1 is 1.38 bits per heavy atom. The van der Waals surface area contributed by atoms with E-state index in [0.29, 0.717) is 0 Å². The summed E-state index contributed by atoms with van der Waals surface area (Å²) in [7, 11) is 0. The second kappa shape index (κ2) is 4.90. The Hall–Kier alpha value is -1.67. The van der Waals surface area contributed by atoms with Crippen molar-refractivity contribution in [2.45, 2.75) is 12.1 Å². The van der Waals surface area contributed by atoms with E-state index in [1.165, 1.54) is 10.9 Å². The molecule has 0 unspecified atom stereocenters. The van der Waals surface area contributed by atoms with Crippen molar-refractivity contribution in [2.75, 3.05) is 5.75 Å². The minimum atomic E-state index is -4.29. The molecule has 1 heterocycles. The number of aromatic nitrogens is 2. The molecular weight excluding hydrogens is 241 g/mol. The van der Waals surface area contributed by atoms with Crippen molar-refractivity contribution in [1.82, 2.24) is 9.55 Å². The first-order valence-electron chi connectivity index (χ1n) is 4.04. The molecule has 1 aromatic rings. The van der Waals surface area contributed by atoms with E-state index in [-0.39, 0.29) is 35.4 Å². The molecule has 1 rings (SSSR count). The molecule has 4 nitrogen and oxygen atoms in total. The second-order valence-corrected chi connectivity index (χ2v) is 3.81. The molecule has 0 N–H and O–H groups in total. The molecule has 1 aromatic heterocycles.